The number of rotatable bonds is 2. The average Bonchev–Trinajstić information content (AvgIpc) is 2.33. The zero-order chi connectivity index (χ0) is 11.4. The first-order chi connectivity index (χ1) is 7.78. The van der Waals surface area contributed by atoms with E-state index in [1.165, 1.54) is 0 Å². The van der Waals surface area contributed by atoms with E-state index in [4.69, 9.17) is 4.74 Å². The van der Waals surface area contributed by atoms with E-state index in [0.717, 1.165) is 23.8 Å². The lowest BCUT2D eigenvalue weighted by Crippen LogP contribution is -2.14. The molecule has 82 valence electrons. The van der Waals surface area contributed by atoms with Crippen molar-refractivity contribution in [1.29, 1.82) is 0 Å². The van der Waals surface area contributed by atoms with Gasteiger partial charge in [-0.25, -0.2) is 0 Å². The fraction of sp³-hybridized carbons (Fsp3) is 0.231. The largest absolute Gasteiger partial charge is 0.461 e. The molecule has 16 heavy (non-hydrogen) atoms. The van der Waals surface area contributed by atoms with Crippen molar-refractivity contribution in [3.05, 3.63) is 41.0 Å². The third-order valence-electron chi connectivity index (χ3n) is 2.51. The summed E-state index contributed by atoms with van der Waals surface area (Å²) < 4.78 is 4.94. The minimum Gasteiger partial charge on any atom is -0.461 e. The first kappa shape index (κ1) is 10.6. The van der Waals surface area contributed by atoms with E-state index in [1.807, 2.05) is 18.2 Å². The number of hydrogen-bond acceptors (Lipinski definition) is 3. The number of carbonyl (C=O) groups is 2. The Morgan fingerprint density at radius 1 is 1.06 bits per heavy atom. The van der Waals surface area contributed by atoms with Gasteiger partial charge in [0.2, 0.25) is 0 Å². The first-order valence-electron chi connectivity index (χ1n) is 5.18. The lowest BCUT2D eigenvalue weighted by molar-refractivity contribution is -0.144. The molecule has 2 rings (SSSR count). The van der Waals surface area contributed by atoms with Crippen LogP contribution in [0.4, 0.5) is 0 Å². The van der Waals surface area contributed by atoms with Crippen LogP contribution in [-0.4, -0.2) is 18.9 Å². The highest BCUT2D eigenvalue weighted by molar-refractivity contribution is 5.75. The molecule has 1 aromatic carbocycles. The van der Waals surface area contributed by atoms with Crippen molar-refractivity contribution >= 4 is 18.3 Å². The Bertz CT molecular complexity index is 417. The number of carbonyl (C=O) groups excluding carboxylic acids is 2. The third kappa shape index (κ3) is 2.57. The first-order valence-corrected chi connectivity index (χ1v) is 5.18. The number of benzene rings is 1. The van der Waals surface area contributed by atoms with Gasteiger partial charge in [0.05, 0.1) is 0 Å². The molecular formula is C13H12O3. The molecule has 0 unspecified atom stereocenters. The van der Waals surface area contributed by atoms with E-state index >= 15 is 0 Å². The van der Waals surface area contributed by atoms with Crippen LogP contribution in [0.3, 0.4) is 0 Å². The molecule has 0 aliphatic carbocycles. The summed E-state index contributed by atoms with van der Waals surface area (Å²) in [4.78, 5) is 21.3. The SMILES string of the molecule is O=Cc1ccc(/C=C2\CCC(=O)OC2)cc1. The van der Waals surface area contributed by atoms with Crippen molar-refractivity contribution in [1.82, 2.24) is 0 Å². The molecule has 0 aromatic heterocycles. The van der Waals surface area contributed by atoms with Gasteiger partial charge in [0.1, 0.15) is 12.9 Å². The summed E-state index contributed by atoms with van der Waals surface area (Å²) in [5.41, 5.74) is 2.80. The van der Waals surface area contributed by atoms with Gasteiger partial charge in [0, 0.05) is 12.0 Å². The van der Waals surface area contributed by atoms with E-state index in [1.54, 1.807) is 12.1 Å². The molecule has 0 N–H and O–H groups in total. The van der Waals surface area contributed by atoms with Crippen LogP contribution in [0, 0.1) is 0 Å². The molecule has 0 spiro atoms. The van der Waals surface area contributed by atoms with Crippen LogP contribution >= 0.6 is 0 Å². The summed E-state index contributed by atoms with van der Waals surface area (Å²) in [6, 6.07) is 7.31. The summed E-state index contributed by atoms with van der Waals surface area (Å²) >= 11 is 0. The van der Waals surface area contributed by atoms with E-state index in [2.05, 4.69) is 0 Å². The predicted octanol–water partition coefficient (Wildman–Crippen LogP) is 2.22. The second kappa shape index (κ2) is 4.75. The number of aldehydes is 1. The molecule has 0 atom stereocenters. The van der Waals surface area contributed by atoms with Gasteiger partial charge in [-0.2, -0.15) is 0 Å². The van der Waals surface area contributed by atoms with Crippen LogP contribution in [0.1, 0.15) is 28.8 Å². The van der Waals surface area contributed by atoms with Crippen molar-refractivity contribution in [3.8, 4) is 0 Å². The monoisotopic (exact) mass is 216 g/mol. The number of esters is 1. The highest BCUT2D eigenvalue weighted by Crippen LogP contribution is 2.17. The Kier molecular flexibility index (Phi) is 3.15. The topological polar surface area (TPSA) is 43.4 Å². The van der Waals surface area contributed by atoms with Crippen LogP contribution in [0.5, 0.6) is 0 Å². The average molecular weight is 216 g/mol. The van der Waals surface area contributed by atoms with Crippen LogP contribution < -0.4 is 0 Å². The quantitative estimate of drug-likeness (QED) is 0.562. The number of cyclic esters (lactones) is 1. The molecular weight excluding hydrogens is 204 g/mol. The maximum atomic E-state index is 10.9. The van der Waals surface area contributed by atoms with Gasteiger partial charge in [-0.1, -0.05) is 30.3 Å². The maximum absolute atomic E-state index is 10.9. The lowest BCUT2D eigenvalue weighted by Gasteiger charge is -2.14. The smallest absolute Gasteiger partial charge is 0.306 e. The summed E-state index contributed by atoms with van der Waals surface area (Å²) in [5, 5.41) is 0. The molecule has 0 amide bonds. The Labute approximate surface area is 93.7 Å². The molecule has 1 saturated heterocycles. The van der Waals surface area contributed by atoms with Crippen molar-refractivity contribution < 1.29 is 14.3 Å². The zero-order valence-electron chi connectivity index (χ0n) is 8.81. The fourth-order valence-corrected chi connectivity index (χ4v) is 1.60. The fourth-order valence-electron chi connectivity index (χ4n) is 1.60. The van der Waals surface area contributed by atoms with Crippen molar-refractivity contribution in [2.24, 2.45) is 0 Å². The normalized spacial score (nSPS) is 18.2. The van der Waals surface area contributed by atoms with Crippen LogP contribution in [0.15, 0.2) is 29.8 Å². The lowest BCUT2D eigenvalue weighted by atomic mass is 10.0. The van der Waals surface area contributed by atoms with Crippen LogP contribution in [-0.2, 0) is 9.53 Å². The van der Waals surface area contributed by atoms with Crippen molar-refractivity contribution in [2.75, 3.05) is 6.61 Å². The van der Waals surface area contributed by atoms with Gasteiger partial charge in [0.25, 0.3) is 0 Å². The molecule has 1 heterocycles. The number of ether oxygens (including phenoxy) is 1. The van der Waals surface area contributed by atoms with E-state index in [9.17, 15) is 9.59 Å². The zero-order valence-corrected chi connectivity index (χ0v) is 8.81. The number of hydrogen-bond donors (Lipinski definition) is 0. The molecule has 1 fully saturated rings. The molecule has 3 heteroatoms. The van der Waals surface area contributed by atoms with E-state index in [-0.39, 0.29) is 5.97 Å². The van der Waals surface area contributed by atoms with E-state index in [0.29, 0.717) is 18.6 Å². The Hall–Kier alpha value is -1.90. The second-order valence-electron chi connectivity index (χ2n) is 3.75. The predicted molar refractivity (Wildman–Crippen MR) is 60.0 cm³/mol. The summed E-state index contributed by atoms with van der Waals surface area (Å²) in [5.74, 6) is -0.131. The minimum atomic E-state index is -0.131. The van der Waals surface area contributed by atoms with Gasteiger partial charge in [-0.15, -0.1) is 0 Å². The summed E-state index contributed by atoms with van der Waals surface area (Å²) in [6.07, 6.45) is 4.03. The van der Waals surface area contributed by atoms with Gasteiger partial charge in [0.15, 0.2) is 0 Å². The molecule has 3 nitrogen and oxygen atoms in total. The third-order valence-corrected chi connectivity index (χ3v) is 2.51. The van der Waals surface area contributed by atoms with Crippen molar-refractivity contribution in [2.45, 2.75) is 12.8 Å². The van der Waals surface area contributed by atoms with Gasteiger partial charge in [-0.3, -0.25) is 9.59 Å². The van der Waals surface area contributed by atoms with Gasteiger partial charge >= 0.3 is 5.97 Å². The highest BCUT2D eigenvalue weighted by Gasteiger charge is 2.12. The summed E-state index contributed by atoms with van der Waals surface area (Å²) in [7, 11) is 0. The van der Waals surface area contributed by atoms with E-state index < -0.39 is 0 Å². The molecule has 0 saturated carbocycles. The van der Waals surface area contributed by atoms with Gasteiger partial charge < -0.3 is 4.74 Å². The molecule has 0 radical (unpaired) electrons. The minimum absolute atomic E-state index is 0.131. The molecule has 0 bridgehead atoms. The summed E-state index contributed by atoms with van der Waals surface area (Å²) in [6.45, 7) is 0.383. The molecule has 1 aromatic rings. The van der Waals surface area contributed by atoms with Crippen molar-refractivity contribution in [3.63, 3.8) is 0 Å². The second-order valence-corrected chi connectivity index (χ2v) is 3.75. The van der Waals surface area contributed by atoms with Gasteiger partial charge in [-0.05, 0) is 17.6 Å². The standard InChI is InChI=1S/C13H12O3/c14-8-11-3-1-10(2-4-11)7-12-5-6-13(15)16-9-12/h1-4,7-8H,5-6,9H2/b12-7+. The molecule has 1 aliphatic heterocycles. The Balaban J connectivity index is 2.10. The van der Waals surface area contributed by atoms with Crippen LogP contribution in [0.2, 0.25) is 0 Å². The highest BCUT2D eigenvalue weighted by atomic mass is 16.5. The molecule has 1 aliphatic rings. The Morgan fingerprint density at radius 2 is 1.75 bits per heavy atom. The van der Waals surface area contributed by atoms with Crippen LogP contribution in [0.25, 0.3) is 6.08 Å². The Morgan fingerprint density at radius 3 is 2.31 bits per heavy atom. The maximum Gasteiger partial charge on any atom is 0.306 e.